The van der Waals surface area contributed by atoms with Crippen LogP contribution in [0.3, 0.4) is 0 Å². The largest absolute Gasteiger partial charge is 0.253 e. The molecule has 7 nitrogen and oxygen atoms in total. The van der Waals surface area contributed by atoms with Crippen LogP contribution in [0.25, 0.3) is 0 Å². The van der Waals surface area contributed by atoms with E-state index in [9.17, 15) is 8.42 Å². The van der Waals surface area contributed by atoms with E-state index in [1.807, 2.05) is 6.07 Å². The molecule has 0 saturated carbocycles. The highest BCUT2D eigenvalue weighted by molar-refractivity contribution is 7.89. The van der Waals surface area contributed by atoms with E-state index in [-0.39, 0.29) is 10.8 Å². The predicted molar refractivity (Wildman–Crippen MR) is 82.7 cm³/mol. The fraction of sp³-hybridized carbons (Fsp3) is 0.400. The summed E-state index contributed by atoms with van der Waals surface area (Å²) < 4.78 is 28.8. The highest BCUT2D eigenvalue weighted by Gasteiger charge is 2.30. The summed E-state index contributed by atoms with van der Waals surface area (Å²) in [6.45, 7) is 1.66. The second-order valence-corrected chi connectivity index (χ2v) is 7.56. The summed E-state index contributed by atoms with van der Waals surface area (Å²) in [5.41, 5.74) is 0.451. The standard InChI is InChI=1S/C15H17N5O2S/c16-8-13-3-5-15(6-4-13)23(21,22)20-7-1-2-14(10-20)9-19-12-17-11-18-19/h3-6,11-12,14H,1-2,7,9-10H2/t14-/m1/s1. The van der Waals surface area contributed by atoms with Gasteiger partial charge in [0.05, 0.1) is 16.5 Å². The van der Waals surface area contributed by atoms with Gasteiger partial charge in [0.2, 0.25) is 10.0 Å². The third kappa shape index (κ3) is 3.41. The highest BCUT2D eigenvalue weighted by atomic mass is 32.2. The first-order valence-corrected chi connectivity index (χ1v) is 8.86. The smallest absolute Gasteiger partial charge is 0.243 e. The van der Waals surface area contributed by atoms with Gasteiger partial charge in [0.15, 0.2) is 0 Å². The lowest BCUT2D eigenvalue weighted by Gasteiger charge is -2.31. The van der Waals surface area contributed by atoms with Crippen molar-refractivity contribution in [3.63, 3.8) is 0 Å². The van der Waals surface area contributed by atoms with E-state index < -0.39 is 10.0 Å². The molecular weight excluding hydrogens is 314 g/mol. The van der Waals surface area contributed by atoms with Crippen molar-refractivity contribution < 1.29 is 8.42 Å². The van der Waals surface area contributed by atoms with Gasteiger partial charge in [-0.2, -0.15) is 14.7 Å². The zero-order valence-electron chi connectivity index (χ0n) is 12.5. The molecular formula is C15H17N5O2S. The Bertz CT molecular complexity index is 793. The van der Waals surface area contributed by atoms with Crippen LogP contribution in [0.2, 0.25) is 0 Å². The second-order valence-electron chi connectivity index (χ2n) is 5.63. The summed E-state index contributed by atoms with van der Waals surface area (Å²) in [5.74, 6) is 0.221. The van der Waals surface area contributed by atoms with Crippen molar-refractivity contribution in [2.75, 3.05) is 13.1 Å². The van der Waals surface area contributed by atoms with Gasteiger partial charge in [-0.3, -0.25) is 4.68 Å². The Morgan fingerprint density at radius 3 is 2.74 bits per heavy atom. The Hall–Kier alpha value is -2.24. The summed E-state index contributed by atoms with van der Waals surface area (Å²) in [6.07, 6.45) is 4.93. The molecule has 0 N–H and O–H groups in total. The van der Waals surface area contributed by atoms with Gasteiger partial charge in [0.25, 0.3) is 0 Å². The van der Waals surface area contributed by atoms with Gasteiger partial charge < -0.3 is 0 Å². The van der Waals surface area contributed by atoms with Gasteiger partial charge in [-0.15, -0.1) is 0 Å². The van der Waals surface area contributed by atoms with Gasteiger partial charge in [-0.05, 0) is 43.0 Å². The van der Waals surface area contributed by atoms with Crippen molar-refractivity contribution in [2.45, 2.75) is 24.3 Å². The van der Waals surface area contributed by atoms with Crippen LogP contribution in [-0.4, -0.2) is 40.6 Å². The van der Waals surface area contributed by atoms with Gasteiger partial charge in [0, 0.05) is 19.6 Å². The normalized spacial score (nSPS) is 19.3. The van der Waals surface area contributed by atoms with Gasteiger partial charge >= 0.3 is 0 Å². The zero-order chi connectivity index (χ0) is 16.3. The van der Waals surface area contributed by atoms with E-state index in [1.165, 1.54) is 34.9 Å². The first kappa shape index (κ1) is 15.6. The van der Waals surface area contributed by atoms with E-state index in [1.54, 1.807) is 11.0 Å². The number of benzene rings is 1. The molecule has 1 aliphatic heterocycles. The molecule has 120 valence electrons. The third-order valence-corrected chi connectivity index (χ3v) is 5.89. The van der Waals surface area contributed by atoms with E-state index in [0.717, 1.165) is 12.8 Å². The van der Waals surface area contributed by atoms with Crippen LogP contribution in [0, 0.1) is 17.2 Å². The number of rotatable bonds is 4. The van der Waals surface area contributed by atoms with Crippen LogP contribution in [0.1, 0.15) is 18.4 Å². The molecule has 3 rings (SSSR count). The number of piperidine rings is 1. The first-order chi connectivity index (χ1) is 11.1. The molecule has 0 radical (unpaired) electrons. The van der Waals surface area contributed by atoms with Crippen molar-refractivity contribution in [3.8, 4) is 6.07 Å². The van der Waals surface area contributed by atoms with E-state index in [0.29, 0.717) is 25.2 Å². The second kappa shape index (κ2) is 6.48. The van der Waals surface area contributed by atoms with Crippen molar-refractivity contribution in [1.82, 2.24) is 19.1 Å². The first-order valence-electron chi connectivity index (χ1n) is 7.42. The molecule has 23 heavy (non-hydrogen) atoms. The van der Waals surface area contributed by atoms with Crippen molar-refractivity contribution in [2.24, 2.45) is 5.92 Å². The number of aromatic nitrogens is 3. The topological polar surface area (TPSA) is 91.9 Å². The molecule has 2 aromatic rings. The minimum Gasteiger partial charge on any atom is -0.253 e. The lowest BCUT2D eigenvalue weighted by molar-refractivity contribution is 0.239. The molecule has 0 aliphatic carbocycles. The monoisotopic (exact) mass is 331 g/mol. The molecule has 1 atom stereocenters. The van der Waals surface area contributed by atoms with Crippen LogP contribution >= 0.6 is 0 Å². The van der Waals surface area contributed by atoms with Crippen molar-refractivity contribution in [1.29, 1.82) is 5.26 Å². The lowest BCUT2D eigenvalue weighted by atomic mass is 10.00. The Balaban J connectivity index is 1.75. The maximum absolute atomic E-state index is 12.7. The van der Waals surface area contributed by atoms with E-state index in [2.05, 4.69) is 10.1 Å². The van der Waals surface area contributed by atoms with E-state index in [4.69, 9.17) is 5.26 Å². The summed E-state index contributed by atoms with van der Waals surface area (Å²) >= 11 is 0. The fourth-order valence-electron chi connectivity index (χ4n) is 2.84. The van der Waals surface area contributed by atoms with E-state index >= 15 is 0 Å². The molecule has 1 fully saturated rings. The fourth-order valence-corrected chi connectivity index (χ4v) is 4.39. The Morgan fingerprint density at radius 2 is 2.09 bits per heavy atom. The number of nitriles is 1. The third-order valence-electron chi connectivity index (χ3n) is 4.01. The highest BCUT2D eigenvalue weighted by Crippen LogP contribution is 2.24. The summed E-state index contributed by atoms with van der Waals surface area (Å²) in [4.78, 5) is 4.15. The van der Waals surface area contributed by atoms with Crippen LogP contribution in [0.4, 0.5) is 0 Å². The number of hydrogen-bond acceptors (Lipinski definition) is 5. The number of hydrogen-bond donors (Lipinski definition) is 0. The van der Waals surface area contributed by atoms with Gasteiger partial charge in [-0.1, -0.05) is 0 Å². The zero-order valence-corrected chi connectivity index (χ0v) is 13.4. The molecule has 8 heteroatoms. The molecule has 0 unspecified atom stereocenters. The minimum absolute atomic E-state index is 0.221. The maximum atomic E-state index is 12.7. The number of nitrogens with zero attached hydrogens (tertiary/aromatic N) is 5. The summed E-state index contributed by atoms with van der Waals surface area (Å²) in [5, 5.41) is 12.9. The minimum atomic E-state index is -3.52. The van der Waals surface area contributed by atoms with Crippen LogP contribution in [-0.2, 0) is 16.6 Å². The Morgan fingerprint density at radius 1 is 1.30 bits per heavy atom. The molecule has 1 aromatic heterocycles. The summed E-state index contributed by atoms with van der Waals surface area (Å²) in [7, 11) is -3.52. The molecule has 0 bridgehead atoms. The van der Waals surface area contributed by atoms with Crippen molar-refractivity contribution >= 4 is 10.0 Å². The lowest BCUT2D eigenvalue weighted by Crippen LogP contribution is -2.41. The Labute approximate surface area is 135 Å². The van der Waals surface area contributed by atoms with Crippen LogP contribution in [0.15, 0.2) is 41.8 Å². The Kier molecular flexibility index (Phi) is 4.41. The van der Waals surface area contributed by atoms with Gasteiger partial charge in [-0.25, -0.2) is 13.4 Å². The molecule has 2 heterocycles. The summed E-state index contributed by atoms with van der Waals surface area (Å²) in [6, 6.07) is 8.05. The SMILES string of the molecule is N#Cc1ccc(S(=O)(=O)N2CCC[C@H](Cn3cncn3)C2)cc1. The van der Waals surface area contributed by atoms with Crippen LogP contribution < -0.4 is 0 Å². The van der Waals surface area contributed by atoms with Gasteiger partial charge in [0.1, 0.15) is 12.7 Å². The number of sulfonamides is 1. The average molecular weight is 331 g/mol. The molecule has 1 aliphatic rings. The maximum Gasteiger partial charge on any atom is 0.243 e. The quantitative estimate of drug-likeness (QED) is 0.841. The molecule has 1 saturated heterocycles. The molecule has 0 spiro atoms. The predicted octanol–water partition coefficient (Wildman–Crippen LogP) is 1.25. The van der Waals surface area contributed by atoms with Crippen molar-refractivity contribution in [3.05, 3.63) is 42.5 Å². The molecule has 0 amide bonds. The molecule has 1 aromatic carbocycles. The average Bonchev–Trinajstić information content (AvgIpc) is 3.08. The van der Waals surface area contributed by atoms with Crippen LogP contribution in [0.5, 0.6) is 0 Å².